The molecule has 0 bridgehead atoms. The number of carbonyl (C=O) groups is 2. The fourth-order valence-electron chi connectivity index (χ4n) is 3.30. The predicted molar refractivity (Wildman–Crippen MR) is 76.2 cm³/mol. The van der Waals surface area contributed by atoms with Gasteiger partial charge in [0.15, 0.2) is 0 Å². The Labute approximate surface area is 121 Å². The molecule has 1 atom stereocenters. The topological polar surface area (TPSA) is 58.6 Å². The van der Waals surface area contributed by atoms with E-state index in [9.17, 15) is 9.59 Å². The van der Waals surface area contributed by atoms with E-state index < -0.39 is 5.54 Å². The number of hydrogen-bond acceptors (Lipinski definition) is 3. The van der Waals surface area contributed by atoms with Crippen LogP contribution < -0.4 is 5.32 Å². The first-order valence-electron chi connectivity index (χ1n) is 7.75. The predicted octanol–water partition coefficient (Wildman–Crippen LogP) is 1.46. The fourth-order valence-corrected chi connectivity index (χ4v) is 3.30. The molecule has 0 aromatic heterocycles. The summed E-state index contributed by atoms with van der Waals surface area (Å²) in [5, 5.41) is 3.00. The minimum atomic E-state index is -0.624. The van der Waals surface area contributed by atoms with Crippen LogP contribution in [0.3, 0.4) is 0 Å². The van der Waals surface area contributed by atoms with E-state index in [1.165, 1.54) is 0 Å². The molecular formula is C15H26N2O3. The van der Waals surface area contributed by atoms with Gasteiger partial charge in [0.2, 0.25) is 11.8 Å². The first-order valence-corrected chi connectivity index (χ1v) is 7.75. The average Bonchev–Trinajstić information content (AvgIpc) is 2.84. The van der Waals surface area contributed by atoms with Gasteiger partial charge < -0.3 is 15.0 Å². The smallest absolute Gasteiger partial charge is 0.249 e. The van der Waals surface area contributed by atoms with Crippen LogP contribution in [-0.2, 0) is 14.3 Å². The summed E-state index contributed by atoms with van der Waals surface area (Å²) in [6.45, 7) is 6.88. The zero-order valence-electron chi connectivity index (χ0n) is 12.8. The lowest BCUT2D eigenvalue weighted by Crippen LogP contribution is -2.69. The van der Waals surface area contributed by atoms with Crippen LogP contribution >= 0.6 is 0 Å². The first kappa shape index (κ1) is 15.3. The highest BCUT2D eigenvalue weighted by molar-refractivity contribution is 6.00. The molecule has 1 aliphatic carbocycles. The highest BCUT2D eigenvalue weighted by Gasteiger charge is 2.51. The molecule has 5 nitrogen and oxygen atoms in total. The molecule has 1 saturated carbocycles. The van der Waals surface area contributed by atoms with Gasteiger partial charge in [-0.05, 0) is 33.1 Å². The Morgan fingerprint density at radius 1 is 1.35 bits per heavy atom. The first-order chi connectivity index (χ1) is 9.50. The molecule has 0 aromatic rings. The molecule has 2 aliphatic rings. The lowest BCUT2D eigenvalue weighted by Gasteiger charge is -2.44. The molecule has 1 aliphatic heterocycles. The van der Waals surface area contributed by atoms with Crippen molar-refractivity contribution < 1.29 is 14.3 Å². The quantitative estimate of drug-likeness (QED) is 0.830. The number of carbonyl (C=O) groups excluding carboxylic acids is 2. The van der Waals surface area contributed by atoms with Crippen LogP contribution in [0.5, 0.6) is 0 Å². The van der Waals surface area contributed by atoms with Crippen molar-refractivity contribution in [1.82, 2.24) is 10.2 Å². The summed E-state index contributed by atoms with van der Waals surface area (Å²) in [7, 11) is 0. The lowest BCUT2D eigenvalue weighted by molar-refractivity contribution is -0.156. The van der Waals surface area contributed by atoms with E-state index in [0.717, 1.165) is 25.7 Å². The zero-order valence-corrected chi connectivity index (χ0v) is 12.8. The molecule has 1 heterocycles. The molecule has 20 heavy (non-hydrogen) atoms. The van der Waals surface area contributed by atoms with Gasteiger partial charge in [0.25, 0.3) is 0 Å². The second-order valence-electron chi connectivity index (χ2n) is 6.12. The molecule has 114 valence electrons. The maximum atomic E-state index is 12.8. The molecule has 5 heteroatoms. The van der Waals surface area contributed by atoms with Gasteiger partial charge in [0.1, 0.15) is 11.6 Å². The van der Waals surface area contributed by atoms with Crippen molar-refractivity contribution in [1.29, 1.82) is 0 Å². The monoisotopic (exact) mass is 282 g/mol. The van der Waals surface area contributed by atoms with E-state index in [0.29, 0.717) is 19.6 Å². The Bertz CT molecular complexity index is 375. The zero-order chi connectivity index (χ0) is 14.8. The van der Waals surface area contributed by atoms with Crippen LogP contribution in [0, 0.1) is 0 Å². The molecule has 1 unspecified atom stereocenters. The minimum absolute atomic E-state index is 0.00135. The molecule has 1 N–H and O–H groups in total. The van der Waals surface area contributed by atoms with Crippen molar-refractivity contribution in [3.05, 3.63) is 0 Å². The molecule has 1 spiro atoms. The van der Waals surface area contributed by atoms with E-state index >= 15 is 0 Å². The van der Waals surface area contributed by atoms with Gasteiger partial charge >= 0.3 is 0 Å². The number of amides is 2. The summed E-state index contributed by atoms with van der Waals surface area (Å²) in [6, 6.07) is -0.343. The van der Waals surface area contributed by atoms with E-state index in [4.69, 9.17) is 4.74 Å². The highest BCUT2D eigenvalue weighted by atomic mass is 16.5. The van der Waals surface area contributed by atoms with Crippen molar-refractivity contribution in [2.45, 2.75) is 70.6 Å². The molecule has 2 fully saturated rings. The van der Waals surface area contributed by atoms with E-state index in [1.807, 2.05) is 20.8 Å². The maximum Gasteiger partial charge on any atom is 0.249 e. The molecule has 1 saturated heterocycles. The number of ether oxygens (including phenoxy) is 1. The van der Waals surface area contributed by atoms with Gasteiger partial charge in [-0.3, -0.25) is 9.59 Å². The fraction of sp³-hybridized carbons (Fsp3) is 0.867. The minimum Gasteiger partial charge on any atom is -0.377 e. The molecule has 2 amide bonds. The third kappa shape index (κ3) is 2.82. The third-order valence-electron chi connectivity index (χ3n) is 4.34. The van der Waals surface area contributed by atoms with E-state index in [2.05, 4.69) is 5.32 Å². The van der Waals surface area contributed by atoms with Crippen LogP contribution in [0.25, 0.3) is 0 Å². The average molecular weight is 282 g/mol. The number of nitrogens with one attached hydrogen (secondary N) is 1. The summed E-state index contributed by atoms with van der Waals surface area (Å²) in [4.78, 5) is 26.8. The van der Waals surface area contributed by atoms with Crippen molar-refractivity contribution in [3.8, 4) is 0 Å². The Morgan fingerprint density at radius 2 is 2.00 bits per heavy atom. The standard InChI is InChI=1S/C15H26N2O3/c1-4-12-13(18)16-15(7-5-6-8-15)14(19)17(12)9-10-20-11(2)3/h11-12H,4-10H2,1-3H3,(H,16,18). The molecular weight excluding hydrogens is 256 g/mol. The maximum absolute atomic E-state index is 12.8. The SMILES string of the molecule is CCC1C(=O)NC2(CCCC2)C(=O)N1CCOC(C)C. The van der Waals surface area contributed by atoms with Crippen LogP contribution in [0.4, 0.5) is 0 Å². The van der Waals surface area contributed by atoms with E-state index in [1.54, 1.807) is 4.90 Å². The number of rotatable bonds is 5. The van der Waals surface area contributed by atoms with Crippen LogP contribution in [0.15, 0.2) is 0 Å². The lowest BCUT2D eigenvalue weighted by atomic mass is 9.90. The Morgan fingerprint density at radius 3 is 2.55 bits per heavy atom. The van der Waals surface area contributed by atoms with Crippen LogP contribution in [0.1, 0.15) is 52.9 Å². The Balaban J connectivity index is 2.10. The summed E-state index contributed by atoms with van der Waals surface area (Å²) in [5.41, 5.74) is -0.624. The Kier molecular flexibility index (Phi) is 4.68. The number of hydrogen-bond donors (Lipinski definition) is 1. The largest absolute Gasteiger partial charge is 0.377 e. The van der Waals surface area contributed by atoms with Crippen LogP contribution in [0.2, 0.25) is 0 Å². The molecule has 2 rings (SSSR count). The molecule has 0 radical (unpaired) electrons. The van der Waals surface area contributed by atoms with Crippen molar-refractivity contribution in [3.63, 3.8) is 0 Å². The van der Waals surface area contributed by atoms with Gasteiger partial charge in [0, 0.05) is 6.54 Å². The van der Waals surface area contributed by atoms with Crippen molar-refractivity contribution in [2.75, 3.05) is 13.2 Å². The summed E-state index contributed by atoms with van der Waals surface area (Å²) in [6.07, 6.45) is 4.36. The van der Waals surface area contributed by atoms with Crippen molar-refractivity contribution in [2.24, 2.45) is 0 Å². The third-order valence-corrected chi connectivity index (χ3v) is 4.34. The normalized spacial score (nSPS) is 25.6. The van der Waals surface area contributed by atoms with Gasteiger partial charge in [0.05, 0.1) is 12.7 Å². The Hall–Kier alpha value is -1.10. The molecule has 0 aromatic carbocycles. The van der Waals surface area contributed by atoms with Gasteiger partial charge in [-0.1, -0.05) is 19.8 Å². The second-order valence-corrected chi connectivity index (χ2v) is 6.12. The van der Waals surface area contributed by atoms with Crippen molar-refractivity contribution >= 4 is 11.8 Å². The van der Waals surface area contributed by atoms with Gasteiger partial charge in [-0.25, -0.2) is 0 Å². The summed E-state index contributed by atoms with van der Waals surface area (Å²) >= 11 is 0. The summed E-state index contributed by atoms with van der Waals surface area (Å²) in [5.74, 6) is 0.0901. The number of piperazine rings is 1. The van der Waals surface area contributed by atoms with Crippen LogP contribution in [-0.4, -0.2) is 47.6 Å². The summed E-state index contributed by atoms with van der Waals surface area (Å²) < 4.78 is 5.55. The number of nitrogens with zero attached hydrogens (tertiary/aromatic N) is 1. The van der Waals surface area contributed by atoms with Gasteiger partial charge in [-0.15, -0.1) is 0 Å². The van der Waals surface area contributed by atoms with E-state index in [-0.39, 0.29) is 24.0 Å². The second kappa shape index (κ2) is 6.12. The highest BCUT2D eigenvalue weighted by Crippen LogP contribution is 2.35. The van der Waals surface area contributed by atoms with Gasteiger partial charge in [-0.2, -0.15) is 0 Å².